The Morgan fingerprint density at radius 2 is 1.96 bits per heavy atom. The smallest absolute Gasteiger partial charge is 0.251 e. The number of ether oxygens (including phenoxy) is 1. The van der Waals surface area contributed by atoms with Crippen LogP contribution in [0.1, 0.15) is 27.0 Å². The normalized spacial score (nSPS) is 18.1. The summed E-state index contributed by atoms with van der Waals surface area (Å²) >= 11 is 0. The number of rotatable bonds is 5. The molecule has 1 heterocycles. The van der Waals surface area contributed by atoms with Crippen molar-refractivity contribution in [3.8, 4) is 0 Å². The molecular formula is C21H26N2O2. The zero-order valence-corrected chi connectivity index (χ0v) is 15.0. The summed E-state index contributed by atoms with van der Waals surface area (Å²) in [7, 11) is 0. The van der Waals surface area contributed by atoms with Crippen LogP contribution in [0, 0.1) is 13.8 Å². The molecule has 25 heavy (non-hydrogen) atoms. The minimum atomic E-state index is -0.0232. The number of carbonyl (C=O) groups excluding carboxylic acids is 1. The third kappa shape index (κ3) is 4.68. The van der Waals surface area contributed by atoms with Crippen molar-refractivity contribution in [3.63, 3.8) is 0 Å². The van der Waals surface area contributed by atoms with Crippen LogP contribution >= 0.6 is 0 Å². The maximum Gasteiger partial charge on any atom is 0.251 e. The van der Waals surface area contributed by atoms with Crippen molar-refractivity contribution in [2.24, 2.45) is 0 Å². The van der Waals surface area contributed by atoms with Gasteiger partial charge in [0.25, 0.3) is 5.91 Å². The third-order valence-corrected chi connectivity index (χ3v) is 4.81. The lowest BCUT2D eigenvalue weighted by molar-refractivity contribution is -0.0292. The van der Waals surface area contributed by atoms with Crippen molar-refractivity contribution in [1.29, 1.82) is 0 Å². The average Bonchev–Trinajstić information content (AvgIpc) is 2.63. The molecule has 2 aromatic carbocycles. The molecule has 0 aromatic heterocycles. The average molecular weight is 338 g/mol. The van der Waals surface area contributed by atoms with Crippen molar-refractivity contribution in [2.45, 2.75) is 26.5 Å². The van der Waals surface area contributed by atoms with Crippen LogP contribution in [0.2, 0.25) is 0 Å². The summed E-state index contributed by atoms with van der Waals surface area (Å²) in [5.41, 5.74) is 4.23. The zero-order valence-electron chi connectivity index (χ0n) is 15.0. The first kappa shape index (κ1) is 17.6. The predicted molar refractivity (Wildman–Crippen MR) is 99.7 cm³/mol. The largest absolute Gasteiger partial charge is 0.374 e. The first-order valence-electron chi connectivity index (χ1n) is 8.86. The highest BCUT2D eigenvalue weighted by Gasteiger charge is 2.21. The van der Waals surface area contributed by atoms with Crippen LogP contribution in [0.4, 0.5) is 0 Å². The molecule has 1 atom stereocenters. The topological polar surface area (TPSA) is 41.6 Å². The lowest BCUT2D eigenvalue weighted by Crippen LogP contribution is -2.47. The molecule has 0 radical (unpaired) electrons. The van der Waals surface area contributed by atoms with Crippen LogP contribution in [-0.4, -0.2) is 43.2 Å². The number of hydrogen-bond donors (Lipinski definition) is 1. The second kappa shape index (κ2) is 8.28. The molecule has 0 spiro atoms. The zero-order chi connectivity index (χ0) is 17.6. The van der Waals surface area contributed by atoms with E-state index < -0.39 is 0 Å². The van der Waals surface area contributed by atoms with Gasteiger partial charge in [-0.1, -0.05) is 42.5 Å². The fourth-order valence-electron chi connectivity index (χ4n) is 3.19. The summed E-state index contributed by atoms with van der Waals surface area (Å²) in [5.74, 6) is -0.0232. The van der Waals surface area contributed by atoms with Crippen LogP contribution in [0.3, 0.4) is 0 Å². The number of carbonyl (C=O) groups is 1. The highest BCUT2D eigenvalue weighted by molar-refractivity contribution is 5.95. The van der Waals surface area contributed by atoms with Crippen LogP contribution in [0.25, 0.3) is 0 Å². The van der Waals surface area contributed by atoms with Gasteiger partial charge in [-0.2, -0.15) is 0 Å². The van der Waals surface area contributed by atoms with E-state index in [9.17, 15) is 4.79 Å². The number of hydrogen-bond acceptors (Lipinski definition) is 3. The van der Waals surface area contributed by atoms with Gasteiger partial charge in [0, 0.05) is 31.7 Å². The van der Waals surface area contributed by atoms with E-state index in [-0.39, 0.29) is 12.0 Å². The maximum absolute atomic E-state index is 12.5. The van der Waals surface area contributed by atoms with Crippen molar-refractivity contribution in [2.75, 3.05) is 26.2 Å². The molecule has 132 valence electrons. The van der Waals surface area contributed by atoms with Crippen LogP contribution in [0.15, 0.2) is 48.5 Å². The number of morpholine rings is 1. The molecular weight excluding hydrogens is 312 g/mol. The minimum Gasteiger partial charge on any atom is -0.374 e. The first-order chi connectivity index (χ1) is 12.1. The number of aryl methyl sites for hydroxylation is 1. The molecule has 4 heteroatoms. The van der Waals surface area contributed by atoms with Gasteiger partial charge in [0.2, 0.25) is 0 Å². The number of benzene rings is 2. The molecule has 0 bridgehead atoms. The SMILES string of the molecule is Cc1cccc(C(=O)NC[C@@H]2CN(Cc3ccccc3)CCO2)c1C. The minimum absolute atomic E-state index is 0.0232. The molecule has 1 aliphatic heterocycles. The molecule has 1 N–H and O–H groups in total. The number of amides is 1. The van der Waals surface area contributed by atoms with Crippen molar-refractivity contribution < 1.29 is 9.53 Å². The quantitative estimate of drug-likeness (QED) is 0.911. The lowest BCUT2D eigenvalue weighted by Gasteiger charge is -2.33. The Kier molecular flexibility index (Phi) is 5.84. The van der Waals surface area contributed by atoms with Crippen LogP contribution in [-0.2, 0) is 11.3 Å². The van der Waals surface area contributed by atoms with Gasteiger partial charge in [-0.3, -0.25) is 9.69 Å². The Morgan fingerprint density at radius 3 is 2.76 bits per heavy atom. The van der Waals surface area contributed by atoms with Gasteiger partial charge in [0.15, 0.2) is 0 Å². The molecule has 0 aliphatic carbocycles. The van der Waals surface area contributed by atoms with Crippen LogP contribution < -0.4 is 5.32 Å². The van der Waals surface area contributed by atoms with Gasteiger partial charge >= 0.3 is 0 Å². The summed E-state index contributed by atoms with van der Waals surface area (Å²) in [5, 5.41) is 3.03. The highest BCUT2D eigenvalue weighted by Crippen LogP contribution is 2.13. The van der Waals surface area contributed by atoms with E-state index in [1.54, 1.807) is 0 Å². The van der Waals surface area contributed by atoms with Gasteiger partial charge in [0.05, 0.1) is 12.7 Å². The van der Waals surface area contributed by atoms with E-state index in [4.69, 9.17) is 4.74 Å². The molecule has 3 rings (SSSR count). The Labute approximate surface area is 149 Å². The predicted octanol–water partition coefficient (Wildman–Crippen LogP) is 2.93. The molecule has 0 saturated carbocycles. The van der Waals surface area contributed by atoms with Crippen LogP contribution in [0.5, 0.6) is 0 Å². The molecule has 1 saturated heterocycles. The second-order valence-electron chi connectivity index (χ2n) is 6.67. The lowest BCUT2D eigenvalue weighted by atomic mass is 10.0. The Morgan fingerprint density at radius 1 is 1.16 bits per heavy atom. The molecule has 1 aliphatic rings. The van der Waals surface area contributed by atoms with Gasteiger partial charge in [-0.05, 0) is 36.6 Å². The standard InChI is InChI=1S/C21H26N2O2/c1-16-7-6-10-20(17(16)2)21(24)22-13-19-15-23(11-12-25-19)14-18-8-4-3-5-9-18/h3-10,19H,11-15H2,1-2H3,(H,22,24)/t19-/m1/s1. The molecule has 1 fully saturated rings. The Bertz CT molecular complexity index is 715. The maximum atomic E-state index is 12.5. The third-order valence-electron chi connectivity index (χ3n) is 4.81. The van der Waals surface area contributed by atoms with Gasteiger partial charge in [-0.15, -0.1) is 0 Å². The highest BCUT2D eigenvalue weighted by atomic mass is 16.5. The summed E-state index contributed by atoms with van der Waals surface area (Å²) < 4.78 is 5.83. The second-order valence-corrected chi connectivity index (χ2v) is 6.67. The fourth-order valence-corrected chi connectivity index (χ4v) is 3.19. The Hall–Kier alpha value is -2.17. The summed E-state index contributed by atoms with van der Waals surface area (Å²) in [6, 6.07) is 16.3. The molecule has 1 amide bonds. The van der Waals surface area contributed by atoms with E-state index in [2.05, 4.69) is 34.5 Å². The number of nitrogens with one attached hydrogen (secondary N) is 1. The van der Waals surface area contributed by atoms with E-state index in [0.29, 0.717) is 13.2 Å². The Balaban J connectivity index is 1.52. The molecule has 0 unspecified atom stereocenters. The van der Waals surface area contributed by atoms with E-state index in [1.807, 2.05) is 38.1 Å². The van der Waals surface area contributed by atoms with E-state index >= 15 is 0 Å². The molecule has 4 nitrogen and oxygen atoms in total. The van der Waals surface area contributed by atoms with E-state index in [1.165, 1.54) is 5.56 Å². The van der Waals surface area contributed by atoms with Crippen molar-refractivity contribution >= 4 is 5.91 Å². The van der Waals surface area contributed by atoms with Gasteiger partial charge in [0.1, 0.15) is 0 Å². The van der Waals surface area contributed by atoms with Gasteiger partial charge < -0.3 is 10.1 Å². The van der Waals surface area contributed by atoms with Gasteiger partial charge in [-0.25, -0.2) is 0 Å². The summed E-state index contributed by atoms with van der Waals surface area (Å²) in [6.45, 7) is 7.94. The molecule has 2 aromatic rings. The monoisotopic (exact) mass is 338 g/mol. The number of nitrogens with zero attached hydrogens (tertiary/aromatic N) is 1. The fraction of sp³-hybridized carbons (Fsp3) is 0.381. The van der Waals surface area contributed by atoms with Crippen molar-refractivity contribution in [3.05, 3.63) is 70.8 Å². The first-order valence-corrected chi connectivity index (χ1v) is 8.86. The van der Waals surface area contributed by atoms with Crippen molar-refractivity contribution in [1.82, 2.24) is 10.2 Å². The summed E-state index contributed by atoms with van der Waals surface area (Å²) in [4.78, 5) is 14.8. The van der Waals surface area contributed by atoms with E-state index in [0.717, 1.165) is 36.3 Å². The summed E-state index contributed by atoms with van der Waals surface area (Å²) in [6.07, 6.45) is 0.0338.